The predicted octanol–water partition coefficient (Wildman–Crippen LogP) is 7.26. The summed E-state index contributed by atoms with van der Waals surface area (Å²) in [5.74, 6) is -0.605. The van der Waals surface area contributed by atoms with Crippen molar-refractivity contribution in [2.75, 3.05) is 39.6 Å². The predicted molar refractivity (Wildman–Crippen MR) is 272 cm³/mol. The first-order valence-electron chi connectivity index (χ1n) is 23.8. The number of β-amino-alcohol motifs (C(OH)–C–C–N with tert-alkyl or cyclic N) is 1. The van der Waals surface area contributed by atoms with Crippen LogP contribution in [0.1, 0.15) is 72.2 Å². The maximum atomic E-state index is 14.0. The molecule has 0 radical (unpaired) electrons. The monoisotopic (exact) mass is 983 g/mol. The fraction of sp³-hybridized carbons (Fsp3) is 0.370. The molecular formula is C54H61N7O9S. The van der Waals surface area contributed by atoms with Crippen molar-refractivity contribution in [2.45, 2.75) is 85.7 Å². The number of thiazole rings is 1. The molecule has 0 unspecified atom stereocenters. The number of aliphatic hydroxyl groups excluding tert-OH is 1. The molecule has 0 spiro atoms. The van der Waals surface area contributed by atoms with Gasteiger partial charge in [0, 0.05) is 66.7 Å². The second-order valence-corrected chi connectivity index (χ2v) is 19.9. The normalized spacial score (nSPS) is 15.3. The minimum absolute atomic E-state index is 0.0239. The fourth-order valence-electron chi connectivity index (χ4n) is 9.19. The summed E-state index contributed by atoms with van der Waals surface area (Å²) in [6.45, 7) is 12.8. The molecule has 3 aromatic heterocycles. The van der Waals surface area contributed by atoms with Gasteiger partial charge < -0.3 is 49.7 Å². The van der Waals surface area contributed by atoms with Crippen LogP contribution in [0.2, 0.25) is 0 Å². The van der Waals surface area contributed by atoms with Gasteiger partial charge in [-0.3, -0.25) is 19.2 Å². The number of aryl methyl sites for hydroxylation is 3. The molecule has 8 rings (SSSR count). The summed E-state index contributed by atoms with van der Waals surface area (Å²) < 4.78 is 25.3. The third kappa shape index (κ3) is 11.7. The van der Waals surface area contributed by atoms with E-state index >= 15 is 0 Å². The van der Waals surface area contributed by atoms with Crippen LogP contribution in [0.15, 0.2) is 95.0 Å². The Morgan fingerprint density at radius 3 is 2.34 bits per heavy atom. The minimum atomic E-state index is -0.976. The van der Waals surface area contributed by atoms with Crippen molar-refractivity contribution in [2.24, 2.45) is 11.1 Å². The van der Waals surface area contributed by atoms with Crippen molar-refractivity contribution in [3.8, 4) is 27.3 Å². The van der Waals surface area contributed by atoms with Gasteiger partial charge in [0.05, 0.1) is 40.0 Å². The second kappa shape index (κ2) is 22.0. The Balaban J connectivity index is 0.809. The number of amides is 4. The van der Waals surface area contributed by atoms with Crippen LogP contribution in [0.25, 0.3) is 43.4 Å². The van der Waals surface area contributed by atoms with Crippen molar-refractivity contribution < 1.29 is 43.0 Å². The largest absolute Gasteiger partial charge is 0.491 e. The average molecular weight is 984 g/mol. The zero-order valence-electron chi connectivity index (χ0n) is 41.0. The van der Waals surface area contributed by atoms with E-state index in [1.54, 1.807) is 17.4 Å². The van der Waals surface area contributed by atoms with Crippen molar-refractivity contribution in [1.29, 1.82) is 0 Å². The van der Waals surface area contributed by atoms with Crippen LogP contribution in [-0.2, 0) is 36.9 Å². The molecule has 16 nitrogen and oxygen atoms in total. The third-order valence-corrected chi connectivity index (χ3v) is 13.7. The fourth-order valence-corrected chi connectivity index (χ4v) is 10.0. The molecule has 1 aliphatic heterocycles. The Hall–Kier alpha value is -6.92. The molecule has 0 bridgehead atoms. The Labute approximate surface area is 416 Å². The molecule has 0 aliphatic carbocycles. The number of hydrogen-bond acceptors (Lipinski definition) is 12. The van der Waals surface area contributed by atoms with Gasteiger partial charge >= 0.3 is 0 Å². The molecule has 7 aromatic rings. The lowest BCUT2D eigenvalue weighted by atomic mass is 9.85. The van der Waals surface area contributed by atoms with Gasteiger partial charge in [-0.05, 0) is 85.2 Å². The zero-order valence-corrected chi connectivity index (χ0v) is 41.8. The number of rotatable bonds is 20. The van der Waals surface area contributed by atoms with E-state index in [-0.39, 0.29) is 45.2 Å². The summed E-state index contributed by atoms with van der Waals surface area (Å²) in [5, 5.41) is 22.0. The lowest BCUT2D eigenvalue weighted by Crippen LogP contribution is -2.58. The van der Waals surface area contributed by atoms with E-state index in [0.717, 1.165) is 60.2 Å². The Bertz CT molecular complexity index is 3010. The van der Waals surface area contributed by atoms with Gasteiger partial charge in [0.15, 0.2) is 0 Å². The number of nitrogens with two attached hydrogens (primary N) is 1. The van der Waals surface area contributed by atoms with Gasteiger partial charge in [-0.15, -0.1) is 11.3 Å². The number of aromatic nitrogens is 3. The molecule has 71 heavy (non-hydrogen) atoms. The van der Waals surface area contributed by atoms with Crippen LogP contribution in [0, 0.1) is 26.2 Å². The van der Waals surface area contributed by atoms with E-state index in [0.29, 0.717) is 48.9 Å². The van der Waals surface area contributed by atoms with E-state index in [1.807, 2.05) is 108 Å². The van der Waals surface area contributed by atoms with Gasteiger partial charge in [0.25, 0.3) is 0 Å². The molecular weight excluding hydrogens is 923 g/mol. The Kier molecular flexibility index (Phi) is 15.6. The number of aliphatic hydroxyl groups is 1. The third-order valence-electron chi connectivity index (χ3n) is 12.7. The minimum Gasteiger partial charge on any atom is -0.491 e. The number of carbonyl (C=O) groups is 4. The maximum Gasteiger partial charge on any atom is 0.249 e. The van der Waals surface area contributed by atoms with Crippen LogP contribution < -0.4 is 21.1 Å². The van der Waals surface area contributed by atoms with Gasteiger partial charge in [-0.25, -0.2) is 4.98 Å². The number of nitrogens with zero attached hydrogens (tertiary/aromatic N) is 4. The van der Waals surface area contributed by atoms with Gasteiger partial charge in [0.2, 0.25) is 23.6 Å². The van der Waals surface area contributed by atoms with Crippen LogP contribution in [0.4, 0.5) is 0 Å². The summed E-state index contributed by atoms with van der Waals surface area (Å²) >= 11 is 1.57. The van der Waals surface area contributed by atoms with Crippen LogP contribution >= 0.6 is 11.3 Å². The molecule has 4 amide bonds. The standard InChI is InChI=1S/C54H61N7O9S/c1-32-47(34(3)70-59-32)38-23-42(51(55)64)48-41-26-40(17-18-43(41)60(44(48)24-38)28-36-11-8-7-9-12-36)69-22-21-67-19-10-20-68-30-46(63)58-50(54(4,5)6)53(66)61-29-39(62)25-45(61)52(65)56-27-35-13-15-37(16-14-35)49-33(2)57-31-71-49/h7-9,11-18,23-24,26,31,39,45,50,62H,10,19-22,25,27-30H2,1-6H3,(H2,55,64)(H,56,65)(H,58,63)/t39-,45+,50-/m1/s1. The van der Waals surface area contributed by atoms with E-state index < -0.39 is 41.3 Å². The maximum absolute atomic E-state index is 14.0. The SMILES string of the molecule is Cc1ncsc1-c1ccc(CNC(=O)[C@@H]2C[C@@H](O)CN2C(=O)[C@@H](NC(=O)COCCCOCCOc2ccc3c(c2)c2c(C(N)=O)cc(-c4c(C)noc4C)cc2n3Cc2ccccc2)C(C)(C)C)cc1. The summed E-state index contributed by atoms with van der Waals surface area (Å²) in [6, 6.07) is 25.8. The number of carbonyl (C=O) groups excluding carboxylic acids is 4. The average Bonchev–Trinajstić information content (AvgIpc) is 4.12. The topological polar surface area (TPSA) is 213 Å². The molecule has 0 saturated carbocycles. The number of hydrogen-bond donors (Lipinski definition) is 4. The number of fused-ring (bicyclic) bond motifs is 3. The highest BCUT2D eigenvalue weighted by Gasteiger charge is 2.44. The zero-order chi connectivity index (χ0) is 50.4. The van der Waals surface area contributed by atoms with E-state index in [2.05, 4.69) is 43.5 Å². The van der Waals surface area contributed by atoms with Crippen LogP contribution in [0.3, 0.4) is 0 Å². The summed E-state index contributed by atoms with van der Waals surface area (Å²) in [5.41, 5.74) is 15.6. The molecule has 5 N–H and O–H groups in total. The van der Waals surface area contributed by atoms with Crippen LogP contribution in [0.5, 0.6) is 5.75 Å². The number of nitrogens with one attached hydrogen (secondary N) is 2. The van der Waals surface area contributed by atoms with Crippen LogP contribution in [-0.4, -0.2) is 106 Å². The Morgan fingerprint density at radius 1 is 0.887 bits per heavy atom. The molecule has 1 saturated heterocycles. The molecule has 3 atom stereocenters. The summed E-state index contributed by atoms with van der Waals surface area (Å²) in [4.78, 5) is 60.5. The number of likely N-dealkylation sites (tertiary alicyclic amines) is 1. The highest BCUT2D eigenvalue weighted by Crippen LogP contribution is 2.39. The van der Waals surface area contributed by atoms with Gasteiger partial charge in [0.1, 0.15) is 36.8 Å². The van der Waals surface area contributed by atoms with Crippen molar-refractivity contribution in [3.05, 3.63) is 124 Å². The lowest BCUT2D eigenvalue weighted by molar-refractivity contribution is -0.144. The van der Waals surface area contributed by atoms with Crippen molar-refractivity contribution in [3.63, 3.8) is 0 Å². The smallest absolute Gasteiger partial charge is 0.249 e. The van der Waals surface area contributed by atoms with E-state index in [1.165, 1.54) is 4.90 Å². The van der Waals surface area contributed by atoms with Crippen molar-refractivity contribution in [1.82, 2.24) is 30.2 Å². The van der Waals surface area contributed by atoms with E-state index in [4.69, 9.17) is 24.5 Å². The lowest BCUT2D eigenvalue weighted by Gasteiger charge is -2.35. The van der Waals surface area contributed by atoms with Gasteiger partial charge in [-0.2, -0.15) is 0 Å². The molecule has 17 heteroatoms. The van der Waals surface area contributed by atoms with Crippen molar-refractivity contribution >= 4 is 56.8 Å². The molecule has 372 valence electrons. The van der Waals surface area contributed by atoms with Gasteiger partial charge in [-0.1, -0.05) is 80.5 Å². The molecule has 1 fully saturated rings. The highest BCUT2D eigenvalue weighted by atomic mass is 32.1. The summed E-state index contributed by atoms with van der Waals surface area (Å²) in [7, 11) is 0. The highest BCUT2D eigenvalue weighted by molar-refractivity contribution is 7.13. The molecule has 4 heterocycles. The quantitative estimate of drug-likeness (QED) is 0.0558. The number of benzene rings is 4. The first-order chi connectivity index (χ1) is 34.1. The summed E-state index contributed by atoms with van der Waals surface area (Å²) in [6.07, 6.45) is -0.285. The molecule has 1 aliphatic rings. The second-order valence-electron chi connectivity index (χ2n) is 19.0. The first-order valence-corrected chi connectivity index (χ1v) is 24.7. The Morgan fingerprint density at radius 2 is 1.65 bits per heavy atom. The number of ether oxygens (including phenoxy) is 3. The number of primary amides is 1. The first kappa shape index (κ1) is 50.5. The van der Waals surface area contributed by atoms with E-state index in [9.17, 15) is 24.3 Å². The molecule has 4 aromatic carbocycles.